The molecule has 1 aliphatic heterocycles. The van der Waals surface area contributed by atoms with Crippen molar-refractivity contribution in [1.29, 1.82) is 0 Å². The number of hydrogen-bond acceptors (Lipinski definition) is 3. The van der Waals surface area contributed by atoms with Gasteiger partial charge in [0, 0.05) is 0 Å². The topological polar surface area (TPSA) is 43.4 Å². The van der Waals surface area contributed by atoms with Crippen LogP contribution in [-0.4, -0.2) is 26.0 Å². The van der Waals surface area contributed by atoms with Gasteiger partial charge in [0.15, 0.2) is 4.33 Å². The van der Waals surface area contributed by atoms with Crippen LogP contribution in [0.15, 0.2) is 10.1 Å². The van der Waals surface area contributed by atoms with Gasteiger partial charge in [0.05, 0.1) is 21.9 Å². The molecule has 2 bridgehead atoms. The van der Waals surface area contributed by atoms with Crippen molar-refractivity contribution in [2.75, 3.05) is 0 Å². The fourth-order valence-corrected chi connectivity index (χ4v) is 7.61. The molecule has 0 N–H and O–H groups in total. The molecule has 3 nitrogen and oxygen atoms in total. The Morgan fingerprint density at radius 1 is 0.818 bits per heavy atom. The summed E-state index contributed by atoms with van der Waals surface area (Å²) in [7, 11) is 0. The zero-order valence-electron chi connectivity index (χ0n) is 10.7. The largest absolute Gasteiger partial charge is 0.393 e. The summed E-state index contributed by atoms with van der Waals surface area (Å²) in [5, 5.41) is 0.237. The summed E-state index contributed by atoms with van der Waals surface area (Å²) in [4.78, 5) is 20.9. The Labute approximate surface area is 156 Å². The van der Waals surface area contributed by atoms with Crippen molar-refractivity contribution in [3.8, 4) is 0 Å². The van der Waals surface area contributed by atoms with E-state index in [9.17, 15) is 9.59 Å². The van der Waals surface area contributed by atoms with Crippen LogP contribution >= 0.6 is 69.6 Å². The first-order chi connectivity index (χ1) is 10.1. The van der Waals surface area contributed by atoms with E-state index in [-0.39, 0.29) is 21.9 Å². The number of rotatable bonds is 0. The summed E-state index contributed by atoms with van der Waals surface area (Å²) >= 11 is 39.0. The molecule has 6 unspecified atom stereocenters. The quantitative estimate of drug-likeness (QED) is 0.333. The minimum absolute atomic E-state index is 0.119. The van der Waals surface area contributed by atoms with Gasteiger partial charge < -0.3 is 4.74 Å². The van der Waals surface area contributed by atoms with Crippen LogP contribution in [0.1, 0.15) is 12.8 Å². The van der Waals surface area contributed by atoms with E-state index < -0.39 is 37.9 Å². The van der Waals surface area contributed by atoms with Gasteiger partial charge in [-0.3, -0.25) is 9.59 Å². The van der Waals surface area contributed by atoms with Crippen LogP contribution in [0.4, 0.5) is 0 Å². The normalized spacial score (nSPS) is 51.9. The van der Waals surface area contributed by atoms with Gasteiger partial charge in [-0.05, 0) is 24.7 Å². The van der Waals surface area contributed by atoms with E-state index in [2.05, 4.69) is 0 Å². The zero-order valence-corrected chi connectivity index (χ0v) is 15.3. The van der Waals surface area contributed by atoms with E-state index in [1.54, 1.807) is 0 Å². The van der Waals surface area contributed by atoms with Crippen molar-refractivity contribution in [1.82, 2.24) is 0 Å². The number of alkyl halides is 4. The minimum atomic E-state index is -1.63. The van der Waals surface area contributed by atoms with Crippen LogP contribution in [0.3, 0.4) is 0 Å². The highest BCUT2D eigenvalue weighted by atomic mass is 35.5. The third-order valence-corrected chi connectivity index (χ3v) is 9.91. The molecule has 9 heteroatoms. The second-order valence-electron chi connectivity index (χ2n) is 6.26. The molecule has 0 aromatic rings. The van der Waals surface area contributed by atoms with E-state index >= 15 is 0 Å². The van der Waals surface area contributed by atoms with Crippen molar-refractivity contribution < 1.29 is 14.3 Å². The van der Waals surface area contributed by atoms with Gasteiger partial charge in [0.1, 0.15) is 9.75 Å². The summed E-state index contributed by atoms with van der Waals surface area (Å²) < 4.78 is 3.10. The predicted molar refractivity (Wildman–Crippen MR) is 84.6 cm³/mol. The molecule has 4 aliphatic rings. The van der Waals surface area contributed by atoms with Gasteiger partial charge in [-0.15, -0.1) is 23.2 Å². The molecule has 0 spiro atoms. The van der Waals surface area contributed by atoms with Gasteiger partial charge in [-0.25, -0.2) is 0 Å². The summed E-state index contributed by atoms with van der Waals surface area (Å²) in [5.74, 6) is -2.93. The average molecular weight is 425 g/mol. The Morgan fingerprint density at radius 3 is 1.55 bits per heavy atom. The van der Waals surface area contributed by atoms with Crippen molar-refractivity contribution in [2.24, 2.45) is 23.7 Å². The number of halogens is 6. The number of fused-ring (bicyclic) bond motifs is 6. The van der Waals surface area contributed by atoms with Crippen LogP contribution in [-0.2, 0) is 14.3 Å². The molecule has 0 radical (unpaired) electrons. The lowest BCUT2D eigenvalue weighted by Crippen LogP contribution is -2.44. The van der Waals surface area contributed by atoms with Gasteiger partial charge >= 0.3 is 11.9 Å². The molecule has 4 rings (SSSR count). The fourth-order valence-electron chi connectivity index (χ4n) is 4.51. The maximum atomic E-state index is 11.8. The highest BCUT2D eigenvalue weighted by molar-refractivity contribution is 6.65. The summed E-state index contributed by atoms with van der Waals surface area (Å²) in [6, 6.07) is 0. The van der Waals surface area contributed by atoms with Crippen molar-refractivity contribution in [2.45, 2.75) is 26.9 Å². The highest BCUT2D eigenvalue weighted by Gasteiger charge is 2.83. The lowest BCUT2D eigenvalue weighted by Gasteiger charge is -2.42. The second kappa shape index (κ2) is 4.42. The summed E-state index contributed by atoms with van der Waals surface area (Å²) in [5.41, 5.74) is 0. The SMILES string of the molecule is O=C1OC(=O)C2CC3C(CC12)C1(Cl)C(Cl)=C(Cl)C3(Cl)C1(Cl)Cl. The van der Waals surface area contributed by atoms with Gasteiger partial charge in [-0.2, -0.15) is 0 Å². The van der Waals surface area contributed by atoms with E-state index in [0.717, 1.165) is 0 Å². The molecule has 120 valence electrons. The van der Waals surface area contributed by atoms with Crippen molar-refractivity contribution >= 4 is 81.5 Å². The van der Waals surface area contributed by atoms with Crippen molar-refractivity contribution in [3.05, 3.63) is 10.1 Å². The Hall–Kier alpha value is 0.620. The maximum Gasteiger partial charge on any atom is 0.317 e. The Kier molecular flexibility index (Phi) is 3.23. The van der Waals surface area contributed by atoms with Gasteiger partial charge in [0.25, 0.3) is 0 Å². The number of carbonyl (C=O) groups is 2. The first-order valence-corrected chi connectivity index (χ1v) is 8.92. The monoisotopic (exact) mass is 422 g/mol. The molecule has 22 heavy (non-hydrogen) atoms. The third-order valence-electron chi connectivity index (χ3n) is 5.56. The van der Waals surface area contributed by atoms with Crippen LogP contribution in [0, 0.1) is 23.7 Å². The molecule has 0 amide bonds. The number of allylic oxidation sites excluding steroid dienone is 2. The summed E-state index contributed by atoms with van der Waals surface area (Å²) in [6.45, 7) is 0. The minimum Gasteiger partial charge on any atom is -0.393 e. The van der Waals surface area contributed by atoms with Gasteiger partial charge in [-0.1, -0.05) is 46.4 Å². The number of cyclic esters (lactones) is 2. The molecule has 3 fully saturated rings. The van der Waals surface area contributed by atoms with E-state index in [0.29, 0.717) is 12.8 Å². The van der Waals surface area contributed by atoms with Crippen LogP contribution in [0.2, 0.25) is 0 Å². The maximum absolute atomic E-state index is 11.8. The lowest BCUT2D eigenvalue weighted by molar-refractivity contribution is -0.153. The fraction of sp³-hybridized carbons (Fsp3) is 0.692. The van der Waals surface area contributed by atoms with Gasteiger partial charge in [0.2, 0.25) is 0 Å². The predicted octanol–water partition coefficient (Wildman–Crippen LogP) is 4.17. The smallest absolute Gasteiger partial charge is 0.317 e. The molecule has 2 saturated carbocycles. The number of ether oxygens (including phenoxy) is 1. The standard InChI is InChI=1S/C13H8Cl6O3/c14-7-8(15)12(17)6-2-4-3(9(20)22-10(4)21)1-5(6)11(7,16)13(12,18)19/h3-6H,1-2H2. The molecule has 6 atom stereocenters. The van der Waals surface area contributed by atoms with E-state index in [4.69, 9.17) is 74.3 Å². The first-order valence-electron chi connectivity index (χ1n) is 6.65. The molecular formula is C13H8Cl6O3. The van der Waals surface area contributed by atoms with Crippen LogP contribution in [0.5, 0.6) is 0 Å². The lowest BCUT2D eigenvalue weighted by atomic mass is 9.65. The molecule has 1 heterocycles. The highest BCUT2D eigenvalue weighted by Crippen LogP contribution is 2.79. The molecule has 0 aromatic heterocycles. The third kappa shape index (κ3) is 1.43. The molecule has 1 saturated heterocycles. The summed E-state index contributed by atoms with van der Waals surface area (Å²) in [6.07, 6.45) is 0.582. The average Bonchev–Trinajstić information content (AvgIpc) is 2.85. The zero-order chi connectivity index (χ0) is 16.2. The van der Waals surface area contributed by atoms with Crippen LogP contribution in [0.25, 0.3) is 0 Å². The molecule has 3 aliphatic carbocycles. The van der Waals surface area contributed by atoms with Crippen LogP contribution < -0.4 is 0 Å². The molecule has 0 aromatic carbocycles. The molecular weight excluding hydrogens is 417 g/mol. The Balaban J connectivity index is 1.87. The Morgan fingerprint density at radius 2 is 1.18 bits per heavy atom. The van der Waals surface area contributed by atoms with Crippen molar-refractivity contribution in [3.63, 3.8) is 0 Å². The Bertz CT molecular complexity index is 608. The second-order valence-corrected chi connectivity index (χ2v) is 9.54. The first kappa shape index (κ1) is 16.1. The number of hydrogen-bond donors (Lipinski definition) is 0. The van der Waals surface area contributed by atoms with E-state index in [1.807, 2.05) is 0 Å². The number of carbonyl (C=O) groups excluding carboxylic acids is 2. The number of esters is 2. The van der Waals surface area contributed by atoms with E-state index in [1.165, 1.54) is 0 Å².